The van der Waals surface area contributed by atoms with Crippen LogP contribution in [0.1, 0.15) is 47.2 Å². The van der Waals surface area contributed by atoms with Crippen molar-refractivity contribution in [3.05, 3.63) is 209 Å². The summed E-state index contributed by atoms with van der Waals surface area (Å²) < 4.78 is 0. The van der Waals surface area contributed by atoms with Crippen LogP contribution in [0, 0.1) is 0 Å². The van der Waals surface area contributed by atoms with Crippen LogP contribution in [0.2, 0.25) is 13.1 Å². The fourth-order valence-corrected chi connectivity index (χ4v) is 14.6. The van der Waals surface area contributed by atoms with Crippen molar-refractivity contribution >= 4 is 35.5 Å². The molecule has 0 aromatic heterocycles. The van der Waals surface area contributed by atoms with Gasteiger partial charge in [-0.05, 0) is 101 Å². The van der Waals surface area contributed by atoms with E-state index in [0.29, 0.717) is 0 Å². The Morgan fingerprint density at radius 1 is 0.375 bits per heavy atom. The second kappa shape index (κ2) is 11.0. The summed E-state index contributed by atoms with van der Waals surface area (Å²) in [6.45, 7) is 9.84. The van der Waals surface area contributed by atoms with Crippen molar-refractivity contribution in [2.24, 2.45) is 0 Å². The zero-order valence-electron chi connectivity index (χ0n) is 32.2. The Morgan fingerprint density at radius 3 is 1.46 bits per heavy atom. The van der Waals surface area contributed by atoms with E-state index < -0.39 is 13.5 Å². The van der Waals surface area contributed by atoms with E-state index in [0.717, 1.165) is 0 Å². The molecule has 12 rings (SSSR count). The molecule has 1 aliphatic heterocycles. The van der Waals surface area contributed by atoms with Crippen LogP contribution in [0.5, 0.6) is 0 Å². The lowest BCUT2D eigenvalue weighted by Gasteiger charge is -2.33. The Kier molecular flexibility index (Phi) is 6.28. The van der Waals surface area contributed by atoms with Gasteiger partial charge in [-0.1, -0.05) is 179 Å². The predicted octanol–water partition coefficient (Wildman–Crippen LogP) is 12.6. The molecule has 266 valence electrons. The Morgan fingerprint density at radius 2 is 0.821 bits per heavy atom. The quantitative estimate of drug-likeness (QED) is 0.164. The van der Waals surface area contributed by atoms with E-state index in [4.69, 9.17) is 0 Å². The number of hydrogen-bond donors (Lipinski definition) is 0. The molecule has 0 fully saturated rings. The number of nitrogens with zero attached hydrogens (tertiary/aromatic N) is 1. The molecule has 0 radical (unpaired) electrons. The van der Waals surface area contributed by atoms with E-state index in [-0.39, 0.29) is 5.41 Å². The van der Waals surface area contributed by atoms with Gasteiger partial charge in [0.25, 0.3) is 0 Å². The van der Waals surface area contributed by atoms with Crippen LogP contribution in [0.3, 0.4) is 0 Å². The molecule has 8 aromatic rings. The molecule has 0 N–H and O–H groups in total. The second-order valence-corrected chi connectivity index (χ2v) is 21.5. The van der Waals surface area contributed by atoms with Crippen LogP contribution < -0.4 is 15.3 Å². The Hall–Kier alpha value is -6.22. The zero-order chi connectivity index (χ0) is 37.6. The highest BCUT2D eigenvalue weighted by Gasteiger charge is 2.52. The summed E-state index contributed by atoms with van der Waals surface area (Å²) in [6.07, 6.45) is 0. The third-order valence-electron chi connectivity index (χ3n) is 13.9. The van der Waals surface area contributed by atoms with Crippen LogP contribution in [-0.2, 0) is 10.8 Å². The van der Waals surface area contributed by atoms with Crippen molar-refractivity contribution < 1.29 is 0 Å². The van der Waals surface area contributed by atoms with Crippen LogP contribution >= 0.6 is 0 Å². The summed E-state index contributed by atoms with van der Waals surface area (Å²) in [5.41, 5.74) is 22.1. The molecule has 56 heavy (non-hydrogen) atoms. The number of fused-ring (bicyclic) bond motifs is 16. The molecule has 8 aromatic carbocycles. The molecule has 0 bridgehead atoms. The van der Waals surface area contributed by atoms with E-state index in [1.165, 1.54) is 105 Å². The second-order valence-electron chi connectivity index (χ2n) is 17.2. The van der Waals surface area contributed by atoms with E-state index >= 15 is 0 Å². The van der Waals surface area contributed by atoms with Crippen molar-refractivity contribution in [1.82, 2.24) is 0 Å². The maximum absolute atomic E-state index is 2.63. The average molecular weight is 732 g/mol. The van der Waals surface area contributed by atoms with Crippen LogP contribution in [0.15, 0.2) is 176 Å². The van der Waals surface area contributed by atoms with Gasteiger partial charge in [-0.25, -0.2) is 0 Å². The monoisotopic (exact) mass is 731 g/mol. The summed E-state index contributed by atoms with van der Waals surface area (Å²) >= 11 is 0. The summed E-state index contributed by atoms with van der Waals surface area (Å²) in [4.78, 5) is 2.63. The molecule has 1 spiro atoms. The summed E-state index contributed by atoms with van der Waals surface area (Å²) in [5, 5.41) is 3.04. The van der Waals surface area contributed by atoms with Gasteiger partial charge in [0, 0.05) is 22.2 Å². The highest BCUT2D eigenvalue weighted by Crippen LogP contribution is 2.65. The van der Waals surface area contributed by atoms with Crippen molar-refractivity contribution in [2.75, 3.05) is 4.90 Å². The third-order valence-corrected chi connectivity index (χ3v) is 17.4. The third kappa shape index (κ3) is 3.80. The summed E-state index contributed by atoms with van der Waals surface area (Å²) in [7, 11) is -1.97. The first kappa shape index (κ1) is 32.1. The van der Waals surface area contributed by atoms with Crippen molar-refractivity contribution in [1.29, 1.82) is 0 Å². The molecule has 0 amide bonds. The van der Waals surface area contributed by atoms with Gasteiger partial charge in [-0.3, -0.25) is 0 Å². The molecule has 0 unspecified atom stereocenters. The lowest BCUT2D eigenvalue weighted by atomic mass is 9.70. The molecule has 2 heteroatoms. The SMILES string of the molecule is CC1(C)c2ccccc2-c2c(N(c3ccc4c(c3)[Si](C)(C)c3ccccc3-4)c3cccc4c3-c3ccccc3C43c4ccccc4-c4ccccc43)cccc21. The van der Waals surface area contributed by atoms with Crippen LogP contribution in [0.4, 0.5) is 17.1 Å². The smallest absolute Gasteiger partial charge is 0.113 e. The van der Waals surface area contributed by atoms with Crippen LogP contribution in [0.25, 0.3) is 44.5 Å². The lowest BCUT2D eigenvalue weighted by Crippen LogP contribution is -2.49. The van der Waals surface area contributed by atoms with Gasteiger partial charge in [-0.2, -0.15) is 0 Å². The molecular weight excluding hydrogens is 691 g/mol. The molecule has 0 saturated heterocycles. The number of anilines is 3. The Bertz CT molecular complexity index is 2960. The largest absolute Gasteiger partial charge is 0.309 e. The molecule has 0 atom stereocenters. The van der Waals surface area contributed by atoms with Crippen molar-refractivity contribution in [3.8, 4) is 44.5 Å². The predicted molar refractivity (Wildman–Crippen MR) is 237 cm³/mol. The fraction of sp³-hybridized carbons (Fsp3) is 0.111. The first-order valence-electron chi connectivity index (χ1n) is 20.0. The molecule has 3 aliphatic carbocycles. The number of hydrogen-bond acceptors (Lipinski definition) is 1. The van der Waals surface area contributed by atoms with Gasteiger partial charge in [0.2, 0.25) is 0 Å². The van der Waals surface area contributed by atoms with Gasteiger partial charge in [0.1, 0.15) is 8.07 Å². The van der Waals surface area contributed by atoms with E-state index in [1.54, 1.807) is 0 Å². The normalized spacial score (nSPS) is 15.9. The minimum absolute atomic E-state index is 0.116. The summed E-state index contributed by atoms with van der Waals surface area (Å²) in [6, 6.07) is 67.2. The highest BCUT2D eigenvalue weighted by molar-refractivity contribution is 7.03. The molecule has 0 saturated carbocycles. The van der Waals surface area contributed by atoms with Gasteiger partial charge >= 0.3 is 0 Å². The minimum atomic E-state index is -1.97. The van der Waals surface area contributed by atoms with Gasteiger partial charge in [0.15, 0.2) is 0 Å². The highest BCUT2D eigenvalue weighted by atomic mass is 28.3. The van der Waals surface area contributed by atoms with Crippen molar-refractivity contribution in [2.45, 2.75) is 37.8 Å². The molecular formula is C54H41NSi. The number of benzene rings is 8. The lowest BCUT2D eigenvalue weighted by molar-refractivity contribution is 0.660. The molecule has 1 nitrogen and oxygen atoms in total. The minimum Gasteiger partial charge on any atom is -0.309 e. The zero-order valence-corrected chi connectivity index (χ0v) is 33.2. The van der Waals surface area contributed by atoms with E-state index in [1.807, 2.05) is 0 Å². The maximum Gasteiger partial charge on any atom is 0.113 e. The first-order chi connectivity index (χ1) is 27.3. The van der Waals surface area contributed by atoms with E-state index in [2.05, 4.69) is 208 Å². The molecule has 4 aliphatic rings. The maximum atomic E-state index is 2.63. The standard InChI is InChI=1S/C54H41NSi/c1-53(2)41-22-10-7-20-39(41)51-45(53)26-15-28-47(51)55(34-31-32-38-37-19-9-14-30-49(37)56(3,4)50(38)33-34)48-29-16-27-46-52(48)40-21-8-13-25-44(40)54(46)42-23-11-5-17-35(42)36-18-6-12-24-43(36)54/h5-33H,1-4H3. The van der Waals surface area contributed by atoms with Gasteiger partial charge in [-0.15, -0.1) is 0 Å². The Balaban J connectivity index is 1.19. The van der Waals surface area contributed by atoms with Gasteiger partial charge in [0.05, 0.1) is 16.8 Å². The Labute approximate surface area is 330 Å². The van der Waals surface area contributed by atoms with Gasteiger partial charge < -0.3 is 4.90 Å². The summed E-state index contributed by atoms with van der Waals surface area (Å²) in [5.74, 6) is 0. The van der Waals surface area contributed by atoms with Crippen LogP contribution in [-0.4, -0.2) is 8.07 Å². The topological polar surface area (TPSA) is 3.24 Å². The first-order valence-corrected chi connectivity index (χ1v) is 23.0. The average Bonchev–Trinajstić information content (AvgIpc) is 3.87. The van der Waals surface area contributed by atoms with Crippen molar-refractivity contribution in [3.63, 3.8) is 0 Å². The fourth-order valence-electron chi connectivity index (χ4n) is 11.5. The molecule has 1 heterocycles. The van der Waals surface area contributed by atoms with E-state index in [9.17, 15) is 0 Å². The number of rotatable bonds is 3.